The molecule has 0 spiro atoms. The van der Waals surface area contributed by atoms with Crippen LogP contribution in [0, 0.1) is 19.8 Å². The molecule has 2 aliphatic rings. The van der Waals surface area contributed by atoms with Crippen molar-refractivity contribution in [3.05, 3.63) is 16.3 Å². The van der Waals surface area contributed by atoms with Crippen molar-refractivity contribution >= 4 is 27.4 Å². The van der Waals surface area contributed by atoms with Crippen molar-refractivity contribution in [2.24, 2.45) is 5.92 Å². The molecule has 0 bridgehead atoms. The Bertz CT molecular complexity index is 824. The first-order valence-corrected chi connectivity index (χ1v) is 11.9. The van der Waals surface area contributed by atoms with Gasteiger partial charge in [0.2, 0.25) is 0 Å². The van der Waals surface area contributed by atoms with Crippen LogP contribution in [0.1, 0.15) is 43.0 Å². The van der Waals surface area contributed by atoms with Gasteiger partial charge in [-0.25, -0.2) is 9.97 Å². The van der Waals surface area contributed by atoms with Crippen molar-refractivity contribution in [2.45, 2.75) is 53.1 Å². The number of thiophene rings is 1. The summed E-state index contributed by atoms with van der Waals surface area (Å²) in [5.41, 5.74) is 1.31. The van der Waals surface area contributed by atoms with Gasteiger partial charge in [0.15, 0.2) is 0 Å². The Balaban J connectivity index is 1.51. The zero-order chi connectivity index (χ0) is 20.4. The van der Waals surface area contributed by atoms with E-state index in [0.717, 1.165) is 61.8 Å². The van der Waals surface area contributed by atoms with Gasteiger partial charge in [-0.05, 0) is 58.2 Å². The van der Waals surface area contributed by atoms with Gasteiger partial charge in [0, 0.05) is 30.6 Å². The number of nitrogens with one attached hydrogen (secondary N) is 1. The van der Waals surface area contributed by atoms with Crippen LogP contribution in [0.25, 0.3) is 10.2 Å². The third kappa shape index (κ3) is 4.90. The van der Waals surface area contributed by atoms with Gasteiger partial charge in [-0.1, -0.05) is 6.92 Å². The fourth-order valence-corrected chi connectivity index (χ4v) is 5.34. The second-order valence-electron chi connectivity index (χ2n) is 8.79. The molecule has 2 aromatic heterocycles. The minimum atomic E-state index is 0.509. The van der Waals surface area contributed by atoms with Gasteiger partial charge >= 0.3 is 0 Å². The highest BCUT2D eigenvalue weighted by atomic mass is 32.1. The van der Waals surface area contributed by atoms with E-state index < -0.39 is 0 Å². The predicted molar refractivity (Wildman–Crippen MR) is 121 cm³/mol. The molecule has 0 unspecified atom stereocenters. The van der Waals surface area contributed by atoms with Gasteiger partial charge in [-0.2, -0.15) is 0 Å². The number of rotatable bonds is 6. The fourth-order valence-electron chi connectivity index (χ4n) is 4.29. The van der Waals surface area contributed by atoms with Crippen LogP contribution in [0.5, 0.6) is 0 Å². The zero-order valence-corrected chi connectivity index (χ0v) is 19.1. The smallest absolute Gasteiger partial charge is 0.146 e. The molecule has 0 amide bonds. The van der Waals surface area contributed by atoms with Crippen molar-refractivity contribution in [1.29, 1.82) is 0 Å². The maximum absolute atomic E-state index is 5.48. The lowest BCUT2D eigenvalue weighted by Gasteiger charge is -2.35. The highest BCUT2D eigenvalue weighted by molar-refractivity contribution is 7.18. The molecule has 2 aliphatic heterocycles. The van der Waals surface area contributed by atoms with Gasteiger partial charge < -0.3 is 10.1 Å². The van der Waals surface area contributed by atoms with Gasteiger partial charge in [-0.3, -0.25) is 9.80 Å². The third-order valence-electron chi connectivity index (χ3n) is 6.55. The molecule has 1 N–H and O–H groups in total. The molecule has 2 fully saturated rings. The van der Waals surface area contributed by atoms with Gasteiger partial charge in [-0.15, -0.1) is 11.3 Å². The van der Waals surface area contributed by atoms with Crippen LogP contribution in [-0.2, 0) is 11.3 Å². The summed E-state index contributed by atoms with van der Waals surface area (Å²) in [6, 6.07) is 0.509. The maximum Gasteiger partial charge on any atom is 0.146 e. The molecule has 2 saturated heterocycles. The van der Waals surface area contributed by atoms with Gasteiger partial charge in [0.05, 0.1) is 25.1 Å². The number of ether oxygens (including phenoxy) is 1. The molecule has 1 atom stereocenters. The van der Waals surface area contributed by atoms with Crippen LogP contribution in [0.2, 0.25) is 0 Å². The van der Waals surface area contributed by atoms with Crippen LogP contribution in [0.4, 0.5) is 5.82 Å². The van der Waals surface area contributed by atoms with Crippen molar-refractivity contribution < 1.29 is 4.74 Å². The Kier molecular flexibility index (Phi) is 6.69. The molecule has 4 heterocycles. The number of hydrogen-bond donors (Lipinski definition) is 1. The number of nitrogens with zero attached hydrogens (tertiary/aromatic N) is 4. The zero-order valence-electron chi connectivity index (χ0n) is 18.3. The van der Waals surface area contributed by atoms with E-state index in [1.165, 1.54) is 41.8 Å². The monoisotopic (exact) mass is 417 g/mol. The van der Waals surface area contributed by atoms with Gasteiger partial charge in [0.25, 0.3) is 0 Å². The molecule has 0 saturated carbocycles. The van der Waals surface area contributed by atoms with Crippen LogP contribution in [-0.4, -0.2) is 71.7 Å². The van der Waals surface area contributed by atoms with Crippen molar-refractivity contribution in [1.82, 2.24) is 19.8 Å². The van der Waals surface area contributed by atoms with Crippen LogP contribution in [0.3, 0.4) is 0 Å². The number of aryl methyl sites for hydroxylation is 2. The molecule has 0 aliphatic carbocycles. The molecular formula is C22H35N5OS. The van der Waals surface area contributed by atoms with E-state index in [1.807, 2.05) is 0 Å². The van der Waals surface area contributed by atoms with Crippen molar-refractivity contribution in [3.63, 3.8) is 0 Å². The summed E-state index contributed by atoms with van der Waals surface area (Å²) in [7, 11) is 0. The predicted octanol–water partition coefficient (Wildman–Crippen LogP) is 3.67. The van der Waals surface area contributed by atoms with E-state index in [4.69, 9.17) is 14.7 Å². The summed E-state index contributed by atoms with van der Waals surface area (Å²) < 4.78 is 5.48. The van der Waals surface area contributed by atoms with Crippen molar-refractivity contribution in [3.8, 4) is 0 Å². The molecule has 6 nitrogen and oxygen atoms in total. The van der Waals surface area contributed by atoms with E-state index >= 15 is 0 Å². The number of piperidine rings is 1. The topological polar surface area (TPSA) is 53.5 Å². The number of likely N-dealkylation sites (tertiary alicyclic amines) is 1. The summed E-state index contributed by atoms with van der Waals surface area (Å²) in [4.78, 5) is 17.3. The summed E-state index contributed by atoms with van der Waals surface area (Å²) >= 11 is 1.79. The van der Waals surface area contributed by atoms with Crippen LogP contribution in [0.15, 0.2) is 0 Å². The average molecular weight is 418 g/mol. The number of anilines is 1. The molecular weight excluding hydrogens is 382 g/mol. The van der Waals surface area contributed by atoms with E-state index in [9.17, 15) is 0 Å². The minimum absolute atomic E-state index is 0.509. The lowest BCUT2D eigenvalue weighted by atomic mass is 9.98. The molecule has 160 valence electrons. The second kappa shape index (κ2) is 9.25. The molecule has 2 aromatic rings. The Morgan fingerprint density at radius 1 is 1.14 bits per heavy atom. The Morgan fingerprint density at radius 2 is 1.86 bits per heavy atom. The largest absolute Gasteiger partial charge is 0.379 e. The summed E-state index contributed by atoms with van der Waals surface area (Å²) in [6.07, 6.45) is 2.63. The second-order valence-corrected chi connectivity index (χ2v) is 9.99. The number of hydrogen-bond acceptors (Lipinski definition) is 7. The first-order valence-electron chi connectivity index (χ1n) is 11.1. The van der Waals surface area contributed by atoms with E-state index in [-0.39, 0.29) is 0 Å². The first kappa shape index (κ1) is 21.0. The summed E-state index contributed by atoms with van der Waals surface area (Å²) in [6.45, 7) is 16.7. The van der Waals surface area contributed by atoms with Crippen LogP contribution < -0.4 is 5.32 Å². The Hall–Kier alpha value is -1.28. The molecule has 29 heavy (non-hydrogen) atoms. The van der Waals surface area contributed by atoms with E-state index in [2.05, 4.69) is 42.8 Å². The first-order chi connectivity index (χ1) is 14.0. The standard InChI is InChI=1S/C22H35N5OS/c1-15-5-7-27(8-6-15)16(2)13-23-21-20-17(3)18(4)29-22(20)25-19(24-21)14-26-9-11-28-12-10-26/h15-16H,5-14H2,1-4H3,(H,23,24,25)/t16-/m0/s1. The Morgan fingerprint density at radius 3 is 2.59 bits per heavy atom. The lowest BCUT2D eigenvalue weighted by Crippen LogP contribution is -2.42. The molecule has 7 heteroatoms. The van der Waals surface area contributed by atoms with E-state index in [0.29, 0.717) is 6.04 Å². The number of fused-ring (bicyclic) bond motifs is 1. The van der Waals surface area contributed by atoms with Crippen LogP contribution >= 0.6 is 11.3 Å². The SMILES string of the molecule is Cc1sc2nc(CN3CCOCC3)nc(NC[C@H](C)N3CCC(C)CC3)c2c1C. The lowest BCUT2D eigenvalue weighted by molar-refractivity contribution is 0.0331. The number of aromatic nitrogens is 2. The maximum atomic E-state index is 5.48. The third-order valence-corrected chi connectivity index (χ3v) is 7.65. The van der Waals surface area contributed by atoms with Gasteiger partial charge in [0.1, 0.15) is 16.5 Å². The van der Waals surface area contributed by atoms with Crippen molar-refractivity contribution in [2.75, 3.05) is 51.3 Å². The Labute approximate surface area is 178 Å². The fraction of sp³-hybridized carbons (Fsp3) is 0.727. The molecule has 0 radical (unpaired) electrons. The number of morpholine rings is 1. The minimum Gasteiger partial charge on any atom is -0.379 e. The highest BCUT2D eigenvalue weighted by Gasteiger charge is 2.22. The normalized spacial score (nSPS) is 21.0. The summed E-state index contributed by atoms with van der Waals surface area (Å²) in [5, 5.41) is 4.90. The molecule has 0 aromatic carbocycles. The highest BCUT2D eigenvalue weighted by Crippen LogP contribution is 2.33. The summed E-state index contributed by atoms with van der Waals surface area (Å²) in [5.74, 6) is 2.80. The van der Waals surface area contributed by atoms with E-state index in [1.54, 1.807) is 11.3 Å². The average Bonchev–Trinajstić information content (AvgIpc) is 3.01. The quantitative estimate of drug-likeness (QED) is 0.774. The molecule has 4 rings (SSSR count).